The molecule has 3 aromatic heterocycles. The van der Waals surface area contributed by atoms with E-state index < -0.39 is 0 Å². The second-order valence-electron chi connectivity index (χ2n) is 11.0. The van der Waals surface area contributed by atoms with Crippen LogP contribution >= 0.6 is 0 Å². The van der Waals surface area contributed by atoms with E-state index in [1.807, 2.05) is 57.9 Å². The van der Waals surface area contributed by atoms with Crippen LogP contribution in [0.1, 0.15) is 83.1 Å². The molecule has 210 valence electrons. The number of imidazole rings is 1. The van der Waals surface area contributed by atoms with Gasteiger partial charge in [0, 0.05) is 35.1 Å². The Morgan fingerprint density at radius 3 is 2.55 bits per heavy atom. The lowest BCUT2D eigenvalue weighted by molar-refractivity contribution is -0.122. The van der Waals surface area contributed by atoms with Crippen molar-refractivity contribution in [1.29, 1.82) is 0 Å². The van der Waals surface area contributed by atoms with E-state index in [1.165, 1.54) is 0 Å². The summed E-state index contributed by atoms with van der Waals surface area (Å²) in [6, 6.07) is 11.8. The second-order valence-corrected chi connectivity index (χ2v) is 11.0. The Morgan fingerprint density at radius 2 is 1.88 bits per heavy atom. The van der Waals surface area contributed by atoms with Crippen LogP contribution in [0.4, 0.5) is 0 Å². The van der Waals surface area contributed by atoms with Gasteiger partial charge in [0.05, 0.1) is 18.3 Å². The Balaban J connectivity index is 1.48. The molecule has 1 saturated carbocycles. The van der Waals surface area contributed by atoms with Crippen LogP contribution < -0.4 is 5.69 Å². The fraction of sp³-hybridized carbons (Fsp3) is 0.484. The first-order valence-electron chi connectivity index (χ1n) is 14.6. The molecule has 0 spiro atoms. The molecule has 3 unspecified atom stereocenters. The summed E-state index contributed by atoms with van der Waals surface area (Å²) in [6.45, 7) is 6.43. The van der Waals surface area contributed by atoms with Crippen LogP contribution in [0.2, 0.25) is 0 Å². The topological polar surface area (TPSA) is 111 Å². The minimum Gasteiger partial charge on any atom is -0.300 e. The van der Waals surface area contributed by atoms with Crippen molar-refractivity contribution in [3.63, 3.8) is 0 Å². The lowest BCUT2D eigenvalue weighted by Gasteiger charge is -2.30. The van der Waals surface area contributed by atoms with Crippen molar-refractivity contribution >= 4 is 5.78 Å². The lowest BCUT2D eigenvalue weighted by atomic mass is 9.83. The van der Waals surface area contributed by atoms with Crippen molar-refractivity contribution in [1.82, 2.24) is 34.7 Å². The summed E-state index contributed by atoms with van der Waals surface area (Å²) in [5, 5.41) is 14.5. The van der Waals surface area contributed by atoms with Gasteiger partial charge >= 0.3 is 5.69 Å². The average molecular weight is 542 g/mol. The number of hydrogen-bond acceptors (Lipinski definition) is 6. The average Bonchev–Trinajstić information content (AvgIpc) is 3.55. The number of tetrazole rings is 1. The first kappa shape index (κ1) is 27.7. The quantitative estimate of drug-likeness (QED) is 0.261. The molecule has 5 rings (SSSR count). The van der Waals surface area contributed by atoms with E-state index in [2.05, 4.69) is 34.5 Å². The number of H-pyrrole nitrogens is 1. The number of nitrogens with zero attached hydrogens (tertiary/aromatic N) is 6. The van der Waals surface area contributed by atoms with Crippen LogP contribution in [-0.2, 0) is 17.8 Å². The van der Waals surface area contributed by atoms with Gasteiger partial charge in [-0.1, -0.05) is 69.9 Å². The van der Waals surface area contributed by atoms with E-state index in [9.17, 15) is 9.59 Å². The summed E-state index contributed by atoms with van der Waals surface area (Å²) < 4.78 is 3.78. The Morgan fingerprint density at radius 1 is 1.07 bits per heavy atom. The SMILES string of the molecule is CCCCc1cn(C2C(CC)CCCCC2C(C)=O)c(=O)n1Cc1ccc(-c2ccccc2-c2nn[nH]n2)cn1. The lowest BCUT2D eigenvalue weighted by Crippen LogP contribution is -2.37. The van der Waals surface area contributed by atoms with Crippen molar-refractivity contribution in [2.45, 2.75) is 84.7 Å². The molecule has 40 heavy (non-hydrogen) atoms. The van der Waals surface area contributed by atoms with E-state index in [-0.39, 0.29) is 23.4 Å². The third-order valence-corrected chi connectivity index (χ3v) is 8.45. The monoisotopic (exact) mass is 541 g/mol. The van der Waals surface area contributed by atoms with Gasteiger partial charge in [-0.05, 0) is 55.4 Å². The third-order valence-electron chi connectivity index (χ3n) is 8.45. The number of aromatic amines is 1. The summed E-state index contributed by atoms with van der Waals surface area (Å²) in [7, 11) is 0. The van der Waals surface area contributed by atoms with Gasteiger partial charge in [-0.2, -0.15) is 5.21 Å². The number of ketones is 1. The zero-order valence-corrected chi connectivity index (χ0v) is 23.7. The predicted octanol–water partition coefficient (Wildman–Crippen LogP) is 5.63. The van der Waals surface area contributed by atoms with Gasteiger partial charge < -0.3 is 0 Å². The highest BCUT2D eigenvalue weighted by Gasteiger charge is 2.36. The molecule has 1 N–H and O–H groups in total. The molecule has 9 nitrogen and oxygen atoms in total. The predicted molar refractivity (Wildman–Crippen MR) is 155 cm³/mol. The normalized spacial score (nSPS) is 19.4. The van der Waals surface area contributed by atoms with Gasteiger partial charge in [-0.15, -0.1) is 10.2 Å². The minimum absolute atomic E-state index is 0.0315. The molecule has 0 saturated heterocycles. The van der Waals surface area contributed by atoms with Crippen molar-refractivity contribution < 1.29 is 4.79 Å². The largest absolute Gasteiger partial charge is 0.328 e. The van der Waals surface area contributed by atoms with Gasteiger partial charge in [0.2, 0.25) is 5.82 Å². The van der Waals surface area contributed by atoms with Gasteiger partial charge in [0.15, 0.2) is 0 Å². The number of aryl methyl sites for hydroxylation is 1. The van der Waals surface area contributed by atoms with E-state index in [0.717, 1.165) is 79.4 Å². The second kappa shape index (κ2) is 12.5. The van der Waals surface area contributed by atoms with Crippen LogP contribution in [0.25, 0.3) is 22.5 Å². The van der Waals surface area contributed by atoms with E-state index in [1.54, 1.807) is 6.92 Å². The number of aromatic nitrogens is 7. The molecule has 9 heteroatoms. The third kappa shape index (κ3) is 5.69. The molecule has 1 aromatic carbocycles. The maximum absolute atomic E-state index is 14.0. The highest BCUT2D eigenvalue weighted by atomic mass is 16.2. The fourth-order valence-corrected chi connectivity index (χ4v) is 6.28. The zero-order chi connectivity index (χ0) is 28.1. The van der Waals surface area contributed by atoms with Crippen LogP contribution in [0.5, 0.6) is 0 Å². The van der Waals surface area contributed by atoms with Crippen molar-refractivity contribution in [3.8, 4) is 22.5 Å². The number of carbonyl (C=O) groups excluding carboxylic acids is 1. The molecule has 1 fully saturated rings. The Kier molecular flexibility index (Phi) is 8.67. The highest BCUT2D eigenvalue weighted by molar-refractivity contribution is 5.80. The first-order valence-corrected chi connectivity index (χ1v) is 14.6. The van der Waals surface area contributed by atoms with Crippen LogP contribution in [0.15, 0.2) is 53.6 Å². The molecule has 4 aromatic rings. The van der Waals surface area contributed by atoms with Gasteiger partial charge in [0.25, 0.3) is 0 Å². The highest BCUT2D eigenvalue weighted by Crippen LogP contribution is 2.39. The molecule has 0 amide bonds. The Hall–Kier alpha value is -3.88. The maximum Gasteiger partial charge on any atom is 0.328 e. The van der Waals surface area contributed by atoms with Crippen molar-refractivity contribution in [2.24, 2.45) is 11.8 Å². The molecule has 0 bridgehead atoms. The van der Waals surface area contributed by atoms with Gasteiger partial charge in [0.1, 0.15) is 5.78 Å². The maximum atomic E-state index is 14.0. The van der Waals surface area contributed by atoms with Crippen LogP contribution in [0.3, 0.4) is 0 Å². The van der Waals surface area contributed by atoms with E-state index >= 15 is 0 Å². The molecule has 3 heterocycles. The number of carbonyl (C=O) groups is 1. The summed E-state index contributed by atoms with van der Waals surface area (Å²) in [6.07, 6.45) is 11.8. The van der Waals surface area contributed by atoms with E-state index in [0.29, 0.717) is 18.3 Å². The molecule has 0 radical (unpaired) electrons. The van der Waals surface area contributed by atoms with Gasteiger partial charge in [-0.25, -0.2) is 4.79 Å². The first-order chi connectivity index (χ1) is 19.5. The molecular formula is C31H39N7O2. The zero-order valence-electron chi connectivity index (χ0n) is 23.7. The minimum atomic E-state index is -0.114. The Labute approximate surface area is 235 Å². The molecular weight excluding hydrogens is 502 g/mol. The molecule has 0 aliphatic heterocycles. The number of benzene rings is 1. The number of Topliss-reactive ketones (excluding diaryl/α,β-unsaturated/α-hetero) is 1. The van der Waals surface area contributed by atoms with Crippen LogP contribution in [0, 0.1) is 11.8 Å². The summed E-state index contributed by atoms with van der Waals surface area (Å²) in [4.78, 5) is 31.6. The standard InChI is InChI=1S/C31H39N7O2/c1-4-6-12-25-20-38(29-22(5-2)11-7-8-13-26(29)21(3)39)31(40)37(25)19-24-17-16-23(18-32-24)27-14-9-10-15-28(27)30-33-35-36-34-30/h9-10,14-18,20,22,26,29H,4-8,11-13,19H2,1-3H3,(H,33,34,35,36). The number of unbranched alkanes of at least 4 members (excludes halogenated alkanes) is 1. The number of hydrogen-bond donors (Lipinski definition) is 1. The number of nitrogens with one attached hydrogen (secondary N) is 1. The van der Waals surface area contributed by atoms with Crippen LogP contribution in [-0.4, -0.2) is 40.5 Å². The molecule has 1 aliphatic carbocycles. The van der Waals surface area contributed by atoms with Crippen molar-refractivity contribution in [3.05, 3.63) is 70.7 Å². The summed E-state index contributed by atoms with van der Waals surface area (Å²) in [5.74, 6) is 0.928. The van der Waals surface area contributed by atoms with Gasteiger partial charge in [-0.3, -0.25) is 18.9 Å². The molecule has 3 atom stereocenters. The summed E-state index contributed by atoms with van der Waals surface area (Å²) >= 11 is 0. The smallest absolute Gasteiger partial charge is 0.300 e. The fourth-order valence-electron chi connectivity index (χ4n) is 6.28. The van der Waals surface area contributed by atoms with E-state index in [4.69, 9.17) is 4.98 Å². The van der Waals surface area contributed by atoms with Crippen molar-refractivity contribution in [2.75, 3.05) is 0 Å². The molecule has 1 aliphatic rings. The number of rotatable bonds is 10. The Bertz CT molecular complexity index is 1470. The summed E-state index contributed by atoms with van der Waals surface area (Å²) in [5.41, 5.74) is 4.57. The number of pyridine rings is 1.